The molecule has 0 spiro atoms. The van der Waals surface area contributed by atoms with E-state index >= 15 is 0 Å². The lowest BCUT2D eigenvalue weighted by Crippen LogP contribution is -2.37. The van der Waals surface area contributed by atoms with Gasteiger partial charge in [0.2, 0.25) is 15.9 Å². The van der Waals surface area contributed by atoms with Gasteiger partial charge >= 0.3 is 0 Å². The number of hydrogen-bond acceptors (Lipinski definition) is 6. The number of amides is 1. The molecule has 2 heterocycles. The van der Waals surface area contributed by atoms with E-state index in [4.69, 9.17) is 4.74 Å². The first kappa shape index (κ1) is 24.9. The summed E-state index contributed by atoms with van der Waals surface area (Å²) in [7, 11) is -3.67. The van der Waals surface area contributed by atoms with Crippen LogP contribution in [-0.4, -0.2) is 67.8 Å². The van der Waals surface area contributed by atoms with Crippen molar-refractivity contribution in [2.75, 3.05) is 49.6 Å². The van der Waals surface area contributed by atoms with Crippen molar-refractivity contribution in [1.29, 1.82) is 0 Å². The summed E-state index contributed by atoms with van der Waals surface area (Å²) in [5.74, 6) is -0.246. The van der Waals surface area contributed by atoms with Gasteiger partial charge in [-0.15, -0.1) is 0 Å². The Morgan fingerprint density at radius 2 is 1.80 bits per heavy atom. The van der Waals surface area contributed by atoms with Crippen LogP contribution in [0, 0.1) is 0 Å². The minimum atomic E-state index is -3.67. The van der Waals surface area contributed by atoms with Crippen molar-refractivity contribution in [1.82, 2.24) is 14.1 Å². The largest absolute Gasteiger partial charge is 0.378 e. The Morgan fingerprint density at radius 3 is 2.49 bits per heavy atom. The molecule has 1 fully saturated rings. The Balaban J connectivity index is 1.58. The van der Waals surface area contributed by atoms with Crippen molar-refractivity contribution in [2.45, 2.75) is 25.2 Å². The van der Waals surface area contributed by atoms with E-state index in [0.29, 0.717) is 45.1 Å². The number of hydrogen-bond donors (Lipinski definition) is 1. The maximum absolute atomic E-state index is 13.1. The van der Waals surface area contributed by atoms with Crippen molar-refractivity contribution in [3.8, 4) is 5.69 Å². The van der Waals surface area contributed by atoms with Gasteiger partial charge in [0.15, 0.2) is 0 Å². The Hall–Kier alpha value is -3.21. The Kier molecular flexibility index (Phi) is 7.84. The van der Waals surface area contributed by atoms with Crippen LogP contribution in [0.5, 0.6) is 0 Å². The summed E-state index contributed by atoms with van der Waals surface area (Å²) >= 11 is 0. The van der Waals surface area contributed by atoms with Crippen molar-refractivity contribution in [3.63, 3.8) is 0 Å². The highest BCUT2D eigenvalue weighted by molar-refractivity contribution is 7.89. The van der Waals surface area contributed by atoms with Gasteiger partial charge in [-0.1, -0.05) is 32.0 Å². The summed E-state index contributed by atoms with van der Waals surface area (Å²) in [6.07, 6.45) is 3.60. The highest BCUT2D eigenvalue weighted by atomic mass is 32.2. The molecule has 1 saturated heterocycles. The summed E-state index contributed by atoms with van der Waals surface area (Å²) in [6, 6.07) is 14.6. The van der Waals surface area contributed by atoms with Crippen LogP contribution in [0.15, 0.2) is 65.8 Å². The molecule has 4 rings (SSSR count). The molecule has 1 aromatic heterocycles. The normalized spacial score (nSPS) is 14.3. The van der Waals surface area contributed by atoms with E-state index in [2.05, 4.69) is 15.3 Å². The molecule has 0 bridgehead atoms. The zero-order valence-corrected chi connectivity index (χ0v) is 20.9. The SMILES string of the molecule is CCN(CC)S(=O)(=O)c1ccc(N2CCOCC2)c(NC(=O)Cc2cnn(-c3ccccc3)c2)c1. The fraction of sp³-hybridized carbons (Fsp3) is 0.360. The van der Waals surface area contributed by atoms with Gasteiger partial charge in [0.25, 0.3) is 0 Å². The van der Waals surface area contributed by atoms with Gasteiger partial charge in [-0.2, -0.15) is 9.40 Å². The second-order valence-electron chi connectivity index (χ2n) is 8.22. The maximum Gasteiger partial charge on any atom is 0.243 e. The standard InChI is InChI=1S/C25H31N5O4S/c1-3-29(4-2)35(32,33)22-10-11-24(28-12-14-34-15-13-28)23(17-22)27-25(31)16-20-18-26-30(19-20)21-8-6-5-7-9-21/h5-11,17-19H,3-4,12-16H2,1-2H3,(H,27,31). The fourth-order valence-corrected chi connectivity index (χ4v) is 5.61. The van der Waals surface area contributed by atoms with Gasteiger partial charge in [0, 0.05) is 32.4 Å². The molecule has 0 radical (unpaired) electrons. The van der Waals surface area contributed by atoms with Gasteiger partial charge < -0.3 is 15.0 Å². The number of nitrogens with one attached hydrogen (secondary N) is 1. The quantitative estimate of drug-likeness (QED) is 0.488. The molecule has 1 aliphatic rings. The molecule has 1 amide bonds. The molecule has 2 aromatic carbocycles. The van der Waals surface area contributed by atoms with Gasteiger partial charge in [0.05, 0.1) is 47.8 Å². The first-order valence-electron chi connectivity index (χ1n) is 11.8. The lowest BCUT2D eigenvalue weighted by molar-refractivity contribution is -0.115. The van der Waals surface area contributed by atoms with Crippen molar-refractivity contribution >= 4 is 27.3 Å². The zero-order valence-electron chi connectivity index (χ0n) is 20.1. The molecular weight excluding hydrogens is 466 g/mol. The summed E-state index contributed by atoms with van der Waals surface area (Å²) in [5, 5.41) is 7.30. The van der Waals surface area contributed by atoms with E-state index in [1.807, 2.05) is 36.5 Å². The Labute approximate surface area is 206 Å². The number of morpholine rings is 1. The molecule has 10 heteroatoms. The number of ether oxygens (including phenoxy) is 1. The van der Waals surface area contributed by atoms with E-state index in [-0.39, 0.29) is 17.2 Å². The summed E-state index contributed by atoms with van der Waals surface area (Å²) in [5.41, 5.74) is 2.91. The van der Waals surface area contributed by atoms with E-state index in [9.17, 15) is 13.2 Å². The number of sulfonamides is 1. The number of aromatic nitrogens is 2. The predicted octanol–water partition coefficient (Wildman–Crippen LogP) is 2.92. The van der Waals surface area contributed by atoms with Crippen molar-refractivity contribution < 1.29 is 17.9 Å². The van der Waals surface area contributed by atoms with Crippen LogP contribution in [-0.2, 0) is 26.0 Å². The average molecular weight is 498 g/mol. The monoisotopic (exact) mass is 497 g/mol. The molecule has 0 atom stereocenters. The molecule has 3 aromatic rings. The number of nitrogens with zero attached hydrogens (tertiary/aromatic N) is 4. The Morgan fingerprint density at radius 1 is 1.09 bits per heavy atom. The van der Waals surface area contributed by atoms with Gasteiger partial charge in [-0.05, 0) is 35.9 Å². The molecule has 0 saturated carbocycles. The van der Waals surface area contributed by atoms with E-state index in [1.54, 1.807) is 42.9 Å². The number of benzene rings is 2. The minimum absolute atomic E-state index is 0.113. The number of anilines is 2. The van der Waals surface area contributed by atoms with Gasteiger partial charge in [-0.25, -0.2) is 13.1 Å². The average Bonchev–Trinajstić information content (AvgIpc) is 3.34. The van der Waals surface area contributed by atoms with E-state index in [0.717, 1.165) is 16.9 Å². The van der Waals surface area contributed by atoms with Gasteiger partial charge in [0.1, 0.15) is 0 Å². The molecular formula is C25H31N5O4S. The zero-order chi connectivity index (χ0) is 24.8. The molecule has 0 aliphatic carbocycles. The second-order valence-corrected chi connectivity index (χ2v) is 10.2. The van der Waals surface area contributed by atoms with Crippen LogP contribution >= 0.6 is 0 Å². The molecule has 9 nitrogen and oxygen atoms in total. The topological polar surface area (TPSA) is 96.8 Å². The number of para-hydroxylation sites is 1. The second kappa shape index (κ2) is 11.0. The first-order chi connectivity index (χ1) is 16.9. The molecule has 1 N–H and O–H groups in total. The number of carbonyl (C=O) groups is 1. The minimum Gasteiger partial charge on any atom is -0.378 e. The van der Waals surface area contributed by atoms with Crippen LogP contribution in [0.25, 0.3) is 5.69 Å². The van der Waals surface area contributed by atoms with E-state index in [1.165, 1.54) is 4.31 Å². The first-order valence-corrected chi connectivity index (χ1v) is 13.2. The summed E-state index contributed by atoms with van der Waals surface area (Å²) in [4.78, 5) is 15.3. The van der Waals surface area contributed by atoms with Crippen LogP contribution in [0.1, 0.15) is 19.4 Å². The van der Waals surface area contributed by atoms with Crippen molar-refractivity contribution in [2.24, 2.45) is 0 Å². The summed E-state index contributed by atoms with van der Waals surface area (Å²) < 4.78 is 34.8. The van der Waals surface area contributed by atoms with Gasteiger partial charge in [-0.3, -0.25) is 4.79 Å². The highest BCUT2D eigenvalue weighted by Gasteiger charge is 2.25. The van der Waals surface area contributed by atoms with Crippen LogP contribution < -0.4 is 10.2 Å². The molecule has 186 valence electrons. The lowest BCUT2D eigenvalue weighted by atomic mass is 10.2. The number of carbonyl (C=O) groups excluding carboxylic acids is 1. The number of rotatable bonds is 9. The lowest BCUT2D eigenvalue weighted by Gasteiger charge is -2.31. The predicted molar refractivity (Wildman–Crippen MR) is 135 cm³/mol. The smallest absolute Gasteiger partial charge is 0.243 e. The third-order valence-electron chi connectivity index (χ3n) is 5.96. The van der Waals surface area contributed by atoms with E-state index < -0.39 is 10.0 Å². The Bertz CT molecular complexity index is 1250. The molecule has 1 aliphatic heterocycles. The maximum atomic E-state index is 13.1. The summed E-state index contributed by atoms with van der Waals surface area (Å²) in [6.45, 7) is 6.83. The van der Waals surface area contributed by atoms with Crippen molar-refractivity contribution in [3.05, 3.63) is 66.5 Å². The van der Waals surface area contributed by atoms with Crippen LogP contribution in [0.4, 0.5) is 11.4 Å². The molecule has 35 heavy (non-hydrogen) atoms. The third kappa shape index (κ3) is 5.72. The third-order valence-corrected chi connectivity index (χ3v) is 8.00. The molecule has 0 unspecified atom stereocenters. The van der Waals surface area contributed by atoms with Crippen LogP contribution in [0.3, 0.4) is 0 Å². The van der Waals surface area contributed by atoms with Crippen LogP contribution in [0.2, 0.25) is 0 Å². The highest BCUT2D eigenvalue weighted by Crippen LogP contribution is 2.31. The fourth-order valence-electron chi connectivity index (χ4n) is 4.12.